The topological polar surface area (TPSA) is 12.0 Å². The lowest BCUT2D eigenvalue weighted by Gasteiger charge is -2.18. The Morgan fingerprint density at radius 3 is 2.86 bits per heavy atom. The summed E-state index contributed by atoms with van der Waals surface area (Å²) >= 11 is 1.93. The van der Waals surface area contributed by atoms with Crippen LogP contribution < -0.4 is 5.32 Å². The molecule has 1 heterocycles. The average Bonchev–Trinajstić information content (AvgIpc) is 3.04. The molecule has 0 saturated carbocycles. The van der Waals surface area contributed by atoms with E-state index in [4.69, 9.17) is 0 Å². The molecule has 1 atom stereocenters. The summed E-state index contributed by atoms with van der Waals surface area (Å²) in [6.07, 6.45) is 4.84. The molecule has 2 aromatic rings. The van der Waals surface area contributed by atoms with Crippen molar-refractivity contribution in [3.8, 4) is 0 Å². The summed E-state index contributed by atoms with van der Waals surface area (Å²) in [6.45, 7) is 4.99. The van der Waals surface area contributed by atoms with Crippen LogP contribution in [0.3, 0.4) is 0 Å². The van der Waals surface area contributed by atoms with Gasteiger partial charge < -0.3 is 5.32 Å². The van der Waals surface area contributed by atoms with Crippen molar-refractivity contribution in [2.45, 2.75) is 45.6 Å². The van der Waals surface area contributed by atoms with Gasteiger partial charge in [-0.1, -0.05) is 19.1 Å². The van der Waals surface area contributed by atoms with Gasteiger partial charge in [-0.25, -0.2) is 4.39 Å². The van der Waals surface area contributed by atoms with Crippen molar-refractivity contribution >= 4 is 11.3 Å². The Morgan fingerprint density at radius 1 is 1.29 bits per heavy atom. The first kappa shape index (κ1) is 14.7. The van der Waals surface area contributed by atoms with Crippen LogP contribution in [0.25, 0.3) is 0 Å². The summed E-state index contributed by atoms with van der Waals surface area (Å²) in [7, 11) is 0. The van der Waals surface area contributed by atoms with Crippen LogP contribution in [-0.2, 0) is 12.8 Å². The number of benzene rings is 1. The maximum Gasteiger partial charge on any atom is 0.126 e. The zero-order chi connectivity index (χ0) is 14.8. The summed E-state index contributed by atoms with van der Waals surface area (Å²) in [5.74, 6) is -0.123. The molecule has 3 heteroatoms. The maximum absolute atomic E-state index is 13.5. The fraction of sp³-hybridized carbons (Fsp3) is 0.444. The fourth-order valence-electron chi connectivity index (χ4n) is 3.01. The van der Waals surface area contributed by atoms with Crippen LogP contribution in [0.1, 0.15) is 52.3 Å². The molecule has 1 N–H and O–H groups in total. The molecule has 0 aliphatic heterocycles. The van der Waals surface area contributed by atoms with E-state index in [0.717, 1.165) is 18.5 Å². The van der Waals surface area contributed by atoms with Crippen molar-refractivity contribution in [3.63, 3.8) is 0 Å². The van der Waals surface area contributed by atoms with E-state index >= 15 is 0 Å². The third kappa shape index (κ3) is 3.04. The lowest BCUT2D eigenvalue weighted by atomic mass is 10.0. The predicted molar refractivity (Wildman–Crippen MR) is 87.6 cm³/mol. The molecule has 1 aliphatic rings. The molecule has 3 rings (SSSR count). The zero-order valence-corrected chi connectivity index (χ0v) is 13.5. The molecule has 0 spiro atoms. The number of thiophene rings is 1. The van der Waals surface area contributed by atoms with E-state index in [1.807, 2.05) is 30.4 Å². The van der Waals surface area contributed by atoms with Gasteiger partial charge in [-0.05, 0) is 68.0 Å². The summed E-state index contributed by atoms with van der Waals surface area (Å²) in [5.41, 5.74) is 3.42. The van der Waals surface area contributed by atoms with Gasteiger partial charge in [-0.3, -0.25) is 0 Å². The second-order valence-corrected chi connectivity index (χ2v) is 7.01. The Labute approximate surface area is 130 Å². The molecular formula is C18H22FNS. The number of hydrogen-bond donors (Lipinski definition) is 1. The quantitative estimate of drug-likeness (QED) is 0.838. The number of nitrogens with one attached hydrogen (secondary N) is 1. The Bertz CT molecular complexity index is 611. The number of fused-ring (bicyclic) bond motifs is 1. The Balaban J connectivity index is 1.94. The van der Waals surface area contributed by atoms with Gasteiger partial charge >= 0.3 is 0 Å². The van der Waals surface area contributed by atoms with Gasteiger partial charge in [0.25, 0.3) is 0 Å². The molecule has 1 aliphatic carbocycles. The molecule has 0 amide bonds. The summed E-state index contributed by atoms with van der Waals surface area (Å²) in [6, 6.07) is 8.04. The third-order valence-corrected chi connectivity index (χ3v) is 5.47. The smallest absolute Gasteiger partial charge is 0.126 e. The Morgan fingerprint density at radius 2 is 2.14 bits per heavy atom. The molecule has 0 bridgehead atoms. The minimum absolute atomic E-state index is 0.123. The minimum Gasteiger partial charge on any atom is -0.306 e. The van der Waals surface area contributed by atoms with Crippen LogP contribution in [0.4, 0.5) is 4.39 Å². The van der Waals surface area contributed by atoms with E-state index < -0.39 is 0 Å². The van der Waals surface area contributed by atoms with Crippen molar-refractivity contribution < 1.29 is 4.39 Å². The van der Waals surface area contributed by atoms with Gasteiger partial charge in [-0.15, -0.1) is 11.3 Å². The first-order chi connectivity index (χ1) is 10.2. The van der Waals surface area contributed by atoms with Crippen LogP contribution in [0.5, 0.6) is 0 Å². The van der Waals surface area contributed by atoms with Crippen molar-refractivity contribution in [1.82, 2.24) is 5.32 Å². The van der Waals surface area contributed by atoms with Crippen molar-refractivity contribution in [1.29, 1.82) is 0 Å². The lowest BCUT2D eigenvalue weighted by Crippen LogP contribution is -2.22. The molecule has 0 radical (unpaired) electrons. The van der Waals surface area contributed by atoms with E-state index in [1.165, 1.54) is 35.3 Å². The summed E-state index contributed by atoms with van der Waals surface area (Å²) in [5, 5.41) is 3.63. The van der Waals surface area contributed by atoms with Gasteiger partial charge in [0.2, 0.25) is 0 Å². The molecule has 21 heavy (non-hydrogen) atoms. The van der Waals surface area contributed by atoms with E-state index in [1.54, 1.807) is 10.9 Å². The van der Waals surface area contributed by atoms with E-state index in [-0.39, 0.29) is 11.9 Å². The molecular weight excluding hydrogens is 281 g/mol. The highest BCUT2D eigenvalue weighted by Crippen LogP contribution is 2.36. The highest BCUT2D eigenvalue weighted by molar-refractivity contribution is 7.12. The Kier molecular flexibility index (Phi) is 4.41. The normalized spacial score (nSPS) is 15.2. The molecule has 1 aromatic heterocycles. The SMILES string of the molecule is CCCNC(c1ccc(F)c(C)c1)c1cc2c(s1)CCC2. The van der Waals surface area contributed by atoms with Gasteiger partial charge in [0.05, 0.1) is 6.04 Å². The molecule has 1 aromatic carbocycles. The maximum atomic E-state index is 13.5. The highest BCUT2D eigenvalue weighted by Gasteiger charge is 2.21. The van der Waals surface area contributed by atoms with Crippen LogP contribution >= 0.6 is 11.3 Å². The molecule has 0 fully saturated rings. The van der Waals surface area contributed by atoms with Crippen LogP contribution in [0, 0.1) is 12.7 Å². The van der Waals surface area contributed by atoms with Crippen molar-refractivity contribution in [2.75, 3.05) is 6.54 Å². The zero-order valence-electron chi connectivity index (χ0n) is 12.7. The number of hydrogen-bond acceptors (Lipinski definition) is 2. The van der Waals surface area contributed by atoms with Crippen molar-refractivity contribution in [3.05, 3.63) is 56.5 Å². The first-order valence-electron chi connectivity index (χ1n) is 7.80. The van der Waals surface area contributed by atoms with E-state index in [0.29, 0.717) is 0 Å². The third-order valence-electron chi connectivity index (χ3n) is 4.16. The first-order valence-corrected chi connectivity index (χ1v) is 8.61. The molecule has 1 nitrogen and oxygen atoms in total. The standard InChI is InChI=1S/C18H22FNS/c1-3-9-20-18(14-7-8-15(19)12(2)10-14)17-11-13-5-4-6-16(13)21-17/h7-8,10-11,18,20H,3-6,9H2,1-2H3. The molecule has 112 valence electrons. The second kappa shape index (κ2) is 6.29. The van der Waals surface area contributed by atoms with E-state index in [2.05, 4.69) is 18.3 Å². The van der Waals surface area contributed by atoms with Crippen LogP contribution in [0.2, 0.25) is 0 Å². The van der Waals surface area contributed by atoms with Crippen LogP contribution in [0.15, 0.2) is 24.3 Å². The Hall–Kier alpha value is -1.19. The molecule has 1 unspecified atom stereocenters. The second-order valence-electron chi connectivity index (χ2n) is 5.85. The molecule has 0 saturated heterocycles. The lowest BCUT2D eigenvalue weighted by molar-refractivity contribution is 0.595. The fourth-order valence-corrected chi connectivity index (χ4v) is 4.37. The number of halogens is 1. The summed E-state index contributed by atoms with van der Waals surface area (Å²) in [4.78, 5) is 2.92. The van der Waals surface area contributed by atoms with Gasteiger partial charge in [0.1, 0.15) is 5.82 Å². The van der Waals surface area contributed by atoms with Gasteiger partial charge in [-0.2, -0.15) is 0 Å². The largest absolute Gasteiger partial charge is 0.306 e. The summed E-state index contributed by atoms with van der Waals surface area (Å²) < 4.78 is 13.5. The highest BCUT2D eigenvalue weighted by atomic mass is 32.1. The number of rotatable bonds is 5. The minimum atomic E-state index is -0.123. The van der Waals surface area contributed by atoms with E-state index in [9.17, 15) is 4.39 Å². The number of aryl methyl sites for hydroxylation is 3. The predicted octanol–water partition coefficient (Wildman–Crippen LogP) is 4.77. The van der Waals surface area contributed by atoms with Gasteiger partial charge in [0, 0.05) is 9.75 Å². The average molecular weight is 303 g/mol. The van der Waals surface area contributed by atoms with Crippen LogP contribution in [-0.4, -0.2) is 6.54 Å². The van der Waals surface area contributed by atoms with Gasteiger partial charge in [0.15, 0.2) is 0 Å². The monoisotopic (exact) mass is 303 g/mol. The van der Waals surface area contributed by atoms with Crippen molar-refractivity contribution in [2.24, 2.45) is 0 Å².